The van der Waals surface area contributed by atoms with Crippen LogP contribution in [-0.4, -0.2) is 22.7 Å². The molecule has 172 valence electrons. The maximum atomic E-state index is 13.1. The van der Waals surface area contributed by atoms with Crippen molar-refractivity contribution in [2.75, 3.05) is 16.8 Å². The molecule has 3 aromatic carbocycles. The zero-order chi connectivity index (χ0) is 24.1. The number of amides is 2. The van der Waals surface area contributed by atoms with E-state index < -0.39 is 0 Å². The van der Waals surface area contributed by atoms with Crippen LogP contribution < -0.4 is 15.0 Å². The van der Waals surface area contributed by atoms with Crippen molar-refractivity contribution in [2.24, 2.45) is 0 Å². The number of carbonyl (C=O) groups excluding carboxylic acids is 2. The molecule has 0 spiro atoms. The lowest BCUT2D eigenvalue weighted by Gasteiger charge is -2.14. The fraction of sp³-hybridized carbons (Fsp3) is 0.148. The van der Waals surface area contributed by atoms with Crippen LogP contribution >= 0.6 is 24.0 Å². The maximum absolute atomic E-state index is 13.1. The van der Waals surface area contributed by atoms with E-state index in [0.29, 0.717) is 20.5 Å². The van der Waals surface area contributed by atoms with Crippen LogP contribution in [0.15, 0.2) is 77.7 Å². The summed E-state index contributed by atoms with van der Waals surface area (Å²) in [4.78, 5) is 27.6. The first kappa shape index (κ1) is 23.7. The molecule has 0 aliphatic carbocycles. The summed E-state index contributed by atoms with van der Waals surface area (Å²) in [6, 6.07) is 22.7. The van der Waals surface area contributed by atoms with Crippen LogP contribution in [0.2, 0.25) is 0 Å². The first-order valence-corrected chi connectivity index (χ1v) is 12.1. The zero-order valence-electron chi connectivity index (χ0n) is 18.9. The molecule has 1 heterocycles. The van der Waals surface area contributed by atoms with Crippen LogP contribution in [0.5, 0.6) is 5.75 Å². The Kier molecular flexibility index (Phi) is 7.45. The highest BCUT2D eigenvalue weighted by molar-refractivity contribution is 8.27. The number of aryl methyl sites for hydroxylation is 2. The van der Waals surface area contributed by atoms with Gasteiger partial charge >= 0.3 is 0 Å². The van der Waals surface area contributed by atoms with Crippen molar-refractivity contribution in [2.45, 2.75) is 20.3 Å². The molecular weight excluding hydrogens is 464 g/mol. The number of thioether (sulfide) groups is 1. The van der Waals surface area contributed by atoms with Crippen molar-refractivity contribution in [1.29, 1.82) is 0 Å². The third kappa shape index (κ3) is 5.38. The Bertz CT molecular complexity index is 1270. The van der Waals surface area contributed by atoms with E-state index in [-0.39, 0.29) is 18.4 Å². The molecule has 0 atom stereocenters. The van der Waals surface area contributed by atoms with Gasteiger partial charge in [0.05, 0.1) is 10.6 Å². The molecule has 7 heteroatoms. The highest BCUT2D eigenvalue weighted by Crippen LogP contribution is 2.37. The summed E-state index contributed by atoms with van der Waals surface area (Å²) in [6.45, 7) is 3.89. The Morgan fingerprint density at radius 1 is 1.06 bits per heavy atom. The molecule has 0 aromatic heterocycles. The number of nitrogens with one attached hydrogen (secondary N) is 1. The van der Waals surface area contributed by atoms with Crippen LogP contribution in [0.25, 0.3) is 6.08 Å². The number of rotatable bonds is 7. The van der Waals surface area contributed by atoms with Crippen LogP contribution in [0.1, 0.15) is 23.6 Å². The fourth-order valence-electron chi connectivity index (χ4n) is 3.54. The van der Waals surface area contributed by atoms with Crippen LogP contribution in [0.3, 0.4) is 0 Å². The number of ether oxygens (including phenoxy) is 1. The quantitative estimate of drug-likeness (QED) is 0.327. The van der Waals surface area contributed by atoms with E-state index >= 15 is 0 Å². The van der Waals surface area contributed by atoms with Gasteiger partial charge in [-0.3, -0.25) is 14.5 Å². The van der Waals surface area contributed by atoms with Crippen molar-refractivity contribution >= 4 is 57.6 Å². The van der Waals surface area contributed by atoms with Crippen LogP contribution in [-0.2, 0) is 16.0 Å². The van der Waals surface area contributed by atoms with Crippen LogP contribution in [0, 0.1) is 6.92 Å². The van der Waals surface area contributed by atoms with E-state index in [1.165, 1.54) is 16.7 Å². The van der Waals surface area contributed by atoms with Gasteiger partial charge in [0.2, 0.25) is 0 Å². The van der Waals surface area contributed by atoms with Gasteiger partial charge in [0.1, 0.15) is 5.75 Å². The van der Waals surface area contributed by atoms with Crippen molar-refractivity contribution < 1.29 is 14.3 Å². The third-order valence-corrected chi connectivity index (χ3v) is 6.62. The number of hydrogen-bond acceptors (Lipinski definition) is 5. The van der Waals surface area contributed by atoms with Crippen molar-refractivity contribution in [3.05, 3.63) is 94.4 Å². The predicted molar refractivity (Wildman–Crippen MR) is 143 cm³/mol. The number of thiocarbonyl (C=S) groups is 1. The highest BCUT2D eigenvalue weighted by atomic mass is 32.2. The van der Waals surface area contributed by atoms with Crippen LogP contribution in [0.4, 0.5) is 11.4 Å². The molecule has 1 aliphatic rings. The monoisotopic (exact) mass is 488 g/mol. The number of carbonyl (C=O) groups is 2. The SMILES string of the molecule is CCc1ccccc1NC(=O)COc1ccccc1/C=C1\SC(=S)N(c2ccc(C)cc2)C1=O. The lowest BCUT2D eigenvalue weighted by Crippen LogP contribution is -2.27. The Morgan fingerprint density at radius 3 is 2.53 bits per heavy atom. The molecule has 1 fully saturated rings. The topological polar surface area (TPSA) is 58.6 Å². The molecule has 0 unspecified atom stereocenters. The van der Waals surface area contributed by atoms with Gasteiger partial charge in [-0.2, -0.15) is 0 Å². The first-order chi connectivity index (χ1) is 16.5. The minimum Gasteiger partial charge on any atom is -0.483 e. The number of benzene rings is 3. The summed E-state index contributed by atoms with van der Waals surface area (Å²) in [7, 11) is 0. The predicted octanol–water partition coefficient (Wildman–Crippen LogP) is 5.98. The molecular formula is C27H24N2O3S2. The summed E-state index contributed by atoms with van der Waals surface area (Å²) in [5.74, 6) is 0.0889. The largest absolute Gasteiger partial charge is 0.483 e. The highest BCUT2D eigenvalue weighted by Gasteiger charge is 2.33. The van der Waals surface area contributed by atoms with E-state index in [9.17, 15) is 9.59 Å². The zero-order valence-corrected chi connectivity index (χ0v) is 20.5. The second-order valence-electron chi connectivity index (χ2n) is 7.74. The van der Waals surface area contributed by atoms with Gasteiger partial charge < -0.3 is 10.1 Å². The Hall–Kier alpha value is -3.42. The Labute approximate surface area is 208 Å². The van der Waals surface area contributed by atoms with Crippen molar-refractivity contribution in [3.8, 4) is 5.75 Å². The summed E-state index contributed by atoms with van der Waals surface area (Å²) in [6.07, 6.45) is 2.58. The average Bonchev–Trinajstić information content (AvgIpc) is 3.12. The number of anilines is 2. The van der Waals surface area contributed by atoms with Gasteiger partial charge in [-0.15, -0.1) is 0 Å². The lowest BCUT2D eigenvalue weighted by atomic mass is 10.1. The molecule has 0 bridgehead atoms. The molecule has 1 N–H and O–H groups in total. The van der Waals surface area contributed by atoms with E-state index in [0.717, 1.165) is 28.9 Å². The Balaban J connectivity index is 1.48. The minimum atomic E-state index is -0.249. The van der Waals surface area contributed by atoms with Gasteiger partial charge in [-0.05, 0) is 49.2 Å². The standard InChI is InChI=1S/C27H24N2O3S2/c1-3-19-8-4-6-10-22(19)28-25(30)17-32-23-11-7-5-9-20(23)16-24-26(31)29(27(33)34-24)21-14-12-18(2)13-15-21/h4-16H,3,17H2,1-2H3,(H,28,30)/b24-16-. The van der Waals surface area contributed by atoms with Gasteiger partial charge in [0.15, 0.2) is 10.9 Å². The number of nitrogens with zero attached hydrogens (tertiary/aromatic N) is 1. The van der Waals surface area contributed by atoms with E-state index in [4.69, 9.17) is 17.0 Å². The van der Waals surface area contributed by atoms with Gasteiger partial charge in [-0.1, -0.05) is 85.0 Å². The van der Waals surface area contributed by atoms with E-state index in [1.807, 2.05) is 80.6 Å². The average molecular weight is 489 g/mol. The minimum absolute atomic E-state index is 0.146. The van der Waals surface area contributed by atoms with Crippen molar-refractivity contribution in [3.63, 3.8) is 0 Å². The number of hydrogen-bond donors (Lipinski definition) is 1. The molecule has 3 aromatic rings. The number of para-hydroxylation sites is 2. The summed E-state index contributed by atoms with van der Waals surface area (Å²) in [5, 5.41) is 2.90. The molecule has 0 saturated carbocycles. The van der Waals surface area contributed by atoms with Gasteiger partial charge in [-0.25, -0.2) is 0 Å². The third-order valence-electron chi connectivity index (χ3n) is 5.32. The fourth-order valence-corrected chi connectivity index (χ4v) is 4.83. The molecule has 4 rings (SSSR count). The van der Waals surface area contributed by atoms with Gasteiger partial charge in [0.25, 0.3) is 11.8 Å². The molecule has 1 aliphatic heterocycles. The first-order valence-electron chi connectivity index (χ1n) is 10.9. The second-order valence-corrected chi connectivity index (χ2v) is 9.41. The molecule has 2 amide bonds. The Morgan fingerprint density at radius 2 is 1.76 bits per heavy atom. The smallest absolute Gasteiger partial charge is 0.270 e. The van der Waals surface area contributed by atoms with E-state index in [1.54, 1.807) is 12.1 Å². The summed E-state index contributed by atoms with van der Waals surface area (Å²) < 4.78 is 6.30. The summed E-state index contributed by atoms with van der Waals surface area (Å²) in [5.41, 5.74) is 4.40. The lowest BCUT2D eigenvalue weighted by molar-refractivity contribution is -0.118. The van der Waals surface area contributed by atoms with Gasteiger partial charge in [0, 0.05) is 11.3 Å². The second kappa shape index (κ2) is 10.7. The summed E-state index contributed by atoms with van der Waals surface area (Å²) >= 11 is 6.72. The molecule has 5 nitrogen and oxygen atoms in total. The molecule has 0 radical (unpaired) electrons. The molecule has 1 saturated heterocycles. The normalized spacial score (nSPS) is 14.5. The maximum Gasteiger partial charge on any atom is 0.270 e. The van der Waals surface area contributed by atoms with E-state index in [2.05, 4.69) is 5.32 Å². The molecule has 34 heavy (non-hydrogen) atoms. The van der Waals surface area contributed by atoms with Crippen molar-refractivity contribution in [1.82, 2.24) is 0 Å².